The van der Waals surface area contributed by atoms with Crippen LogP contribution in [0.25, 0.3) is 6.08 Å². The highest BCUT2D eigenvalue weighted by molar-refractivity contribution is 9.10. The van der Waals surface area contributed by atoms with Crippen molar-refractivity contribution in [1.29, 1.82) is 0 Å². The Balaban J connectivity index is 2.04. The second kappa shape index (κ2) is 7.67. The van der Waals surface area contributed by atoms with Gasteiger partial charge in [-0.15, -0.1) is 0 Å². The Labute approximate surface area is 171 Å². The van der Waals surface area contributed by atoms with Gasteiger partial charge in [-0.3, -0.25) is 0 Å². The first-order valence-corrected chi connectivity index (χ1v) is 9.10. The lowest BCUT2D eigenvalue weighted by Crippen LogP contribution is -2.40. The lowest BCUT2D eigenvalue weighted by atomic mass is 9.97. The van der Waals surface area contributed by atoms with Crippen molar-refractivity contribution < 1.29 is 32.5 Å². The number of carboxylic acid groups (broad SMARTS) is 1. The summed E-state index contributed by atoms with van der Waals surface area (Å²) in [6.45, 7) is 0. The first-order chi connectivity index (χ1) is 13.1. The fraction of sp³-hybridized carbons (Fsp3) is 0.211. The Kier molecular flexibility index (Phi) is 5.63. The van der Waals surface area contributed by atoms with Crippen LogP contribution in [0.3, 0.4) is 0 Å². The molecular weight excluding hydrogens is 465 g/mol. The van der Waals surface area contributed by atoms with Gasteiger partial charge in [-0.1, -0.05) is 27.5 Å². The minimum Gasteiger partial charge on any atom is -0.496 e. The van der Waals surface area contributed by atoms with Gasteiger partial charge in [0.05, 0.1) is 12.7 Å². The smallest absolute Gasteiger partial charge is 0.430 e. The average molecular weight is 478 g/mol. The van der Waals surface area contributed by atoms with Gasteiger partial charge >= 0.3 is 12.1 Å². The molecule has 0 saturated heterocycles. The van der Waals surface area contributed by atoms with Crippen LogP contribution in [0, 0.1) is 0 Å². The van der Waals surface area contributed by atoms with E-state index in [1.807, 2.05) is 6.07 Å². The van der Waals surface area contributed by atoms with Crippen molar-refractivity contribution in [2.45, 2.75) is 18.7 Å². The maximum Gasteiger partial charge on any atom is 0.430 e. The number of halogens is 5. The monoisotopic (exact) mass is 476 g/mol. The zero-order valence-electron chi connectivity index (χ0n) is 14.3. The first kappa shape index (κ1) is 20.5. The van der Waals surface area contributed by atoms with Crippen LogP contribution < -0.4 is 9.47 Å². The molecule has 2 aromatic carbocycles. The largest absolute Gasteiger partial charge is 0.496 e. The molecule has 148 valence electrons. The van der Waals surface area contributed by atoms with Gasteiger partial charge in [0.2, 0.25) is 6.10 Å². The second-order valence-electron chi connectivity index (χ2n) is 6.06. The molecule has 1 unspecified atom stereocenters. The molecule has 9 heteroatoms. The normalized spacial score (nSPS) is 16.1. The Bertz CT molecular complexity index is 972. The average Bonchev–Trinajstić information content (AvgIpc) is 2.60. The van der Waals surface area contributed by atoms with Crippen molar-refractivity contribution in [3.8, 4) is 11.5 Å². The number of alkyl halides is 3. The fourth-order valence-electron chi connectivity index (χ4n) is 2.90. The minimum atomic E-state index is -4.87. The zero-order valence-corrected chi connectivity index (χ0v) is 16.7. The quantitative estimate of drug-likeness (QED) is 0.632. The minimum absolute atomic E-state index is 0.0827. The number of fused-ring (bicyclic) bond motifs is 1. The van der Waals surface area contributed by atoms with E-state index in [1.165, 1.54) is 19.2 Å². The standard InChI is InChI=1S/C19H13BrClF3O4/c1-27-15-3-2-12(20)5-10(15)4-9-8-16-11(7-14(9)21)6-13(18(25)26)17(28-16)19(22,23)24/h2-3,5-8,17H,4H2,1H3,(H,25,26). The summed E-state index contributed by atoms with van der Waals surface area (Å²) in [5.74, 6) is -1.19. The van der Waals surface area contributed by atoms with E-state index < -0.39 is 23.8 Å². The van der Waals surface area contributed by atoms with E-state index >= 15 is 0 Å². The topological polar surface area (TPSA) is 55.8 Å². The molecule has 2 aromatic rings. The summed E-state index contributed by atoms with van der Waals surface area (Å²) in [5, 5.41) is 9.37. The lowest BCUT2D eigenvalue weighted by molar-refractivity contribution is -0.187. The van der Waals surface area contributed by atoms with Gasteiger partial charge in [-0.25, -0.2) is 4.79 Å². The summed E-state index contributed by atoms with van der Waals surface area (Å²) in [4.78, 5) is 11.2. The molecule has 0 aromatic heterocycles. The van der Waals surface area contributed by atoms with Gasteiger partial charge in [0.1, 0.15) is 11.5 Å². The third kappa shape index (κ3) is 4.12. The van der Waals surface area contributed by atoms with Crippen molar-refractivity contribution >= 4 is 39.6 Å². The number of hydrogen-bond acceptors (Lipinski definition) is 3. The Morgan fingerprint density at radius 2 is 2.00 bits per heavy atom. The maximum atomic E-state index is 13.2. The predicted octanol–water partition coefficient (Wildman–Crippen LogP) is 5.49. The molecule has 0 fully saturated rings. The maximum absolute atomic E-state index is 13.2. The number of aliphatic carboxylic acids is 1. The summed E-state index contributed by atoms with van der Waals surface area (Å²) in [6, 6.07) is 8.16. The van der Waals surface area contributed by atoms with Crippen LogP contribution in [-0.2, 0) is 11.2 Å². The van der Waals surface area contributed by atoms with Crippen LogP contribution in [-0.4, -0.2) is 30.5 Å². The Morgan fingerprint density at radius 3 is 2.61 bits per heavy atom. The van der Waals surface area contributed by atoms with Crippen molar-refractivity contribution in [2.24, 2.45) is 0 Å². The molecule has 0 radical (unpaired) electrons. The van der Waals surface area contributed by atoms with Crippen LogP contribution in [0.15, 0.2) is 40.4 Å². The molecule has 1 aliphatic rings. The highest BCUT2D eigenvalue weighted by atomic mass is 79.9. The molecule has 4 nitrogen and oxygen atoms in total. The number of ether oxygens (including phenoxy) is 2. The van der Waals surface area contributed by atoms with Gasteiger partial charge in [0, 0.05) is 21.5 Å². The number of carboxylic acids is 1. The predicted molar refractivity (Wildman–Crippen MR) is 101 cm³/mol. The van der Waals surface area contributed by atoms with Gasteiger partial charge in [0.15, 0.2) is 0 Å². The van der Waals surface area contributed by atoms with Crippen molar-refractivity contribution in [3.63, 3.8) is 0 Å². The van der Waals surface area contributed by atoms with Crippen LogP contribution in [0.2, 0.25) is 5.02 Å². The van der Waals surface area contributed by atoms with Crippen LogP contribution in [0.5, 0.6) is 11.5 Å². The van der Waals surface area contributed by atoms with E-state index in [2.05, 4.69) is 15.9 Å². The lowest BCUT2D eigenvalue weighted by Gasteiger charge is -2.27. The van der Waals surface area contributed by atoms with E-state index in [-0.39, 0.29) is 22.8 Å². The molecule has 0 bridgehead atoms. The van der Waals surface area contributed by atoms with Crippen LogP contribution in [0.4, 0.5) is 13.2 Å². The third-order valence-electron chi connectivity index (χ3n) is 4.18. The molecule has 0 aliphatic carbocycles. The molecule has 0 amide bonds. The summed E-state index contributed by atoms with van der Waals surface area (Å²) < 4.78 is 50.8. The Morgan fingerprint density at radius 1 is 1.29 bits per heavy atom. The second-order valence-corrected chi connectivity index (χ2v) is 7.38. The van der Waals surface area contributed by atoms with Crippen molar-refractivity contribution in [3.05, 3.63) is 62.1 Å². The summed E-state index contributed by atoms with van der Waals surface area (Å²) >= 11 is 9.66. The van der Waals surface area contributed by atoms with Gasteiger partial charge in [-0.2, -0.15) is 13.2 Å². The fourth-order valence-corrected chi connectivity index (χ4v) is 3.55. The van der Waals surface area contributed by atoms with E-state index in [0.717, 1.165) is 16.1 Å². The Hall–Kier alpha value is -2.19. The highest BCUT2D eigenvalue weighted by Crippen LogP contribution is 2.40. The van der Waals surface area contributed by atoms with Crippen molar-refractivity contribution in [2.75, 3.05) is 7.11 Å². The number of benzene rings is 2. The molecule has 1 aliphatic heterocycles. The van der Waals surface area contributed by atoms with E-state index in [1.54, 1.807) is 12.1 Å². The third-order valence-corrected chi connectivity index (χ3v) is 5.03. The molecule has 1 atom stereocenters. The highest BCUT2D eigenvalue weighted by Gasteiger charge is 2.48. The number of rotatable bonds is 4. The molecule has 28 heavy (non-hydrogen) atoms. The SMILES string of the molecule is COc1ccc(Br)cc1Cc1cc2c(cc1Cl)C=C(C(=O)O)C(C(F)(F)F)O2. The number of carbonyl (C=O) groups is 1. The summed E-state index contributed by atoms with van der Waals surface area (Å²) in [7, 11) is 1.51. The molecule has 0 spiro atoms. The van der Waals surface area contributed by atoms with Crippen LogP contribution in [0.1, 0.15) is 16.7 Å². The van der Waals surface area contributed by atoms with E-state index in [0.29, 0.717) is 11.3 Å². The van der Waals surface area contributed by atoms with Crippen LogP contribution >= 0.6 is 27.5 Å². The molecule has 0 saturated carbocycles. The zero-order chi connectivity index (χ0) is 20.6. The van der Waals surface area contributed by atoms with Gasteiger partial charge in [-0.05, 0) is 47.5 Å². The first-order valence-electron chi connectivity index (χ1n) is 7.93. The van der Waals surface area contributed by atoms with E-state index in [9.17, 15) is 18.0 Å². The van der Waals surface area contributed by atoms with Gasteiger partial charge in [0.25, 0.3) is 0 Å². The van der Waals surface area contributed by atoms with Gasteiger partial charge < -0.3 is 14.6 Å². The summed E-state index contributed by atoms with van der Waals surface area (Å²) in [5.41, 5.74) is 0.568. The van der Waals surface area contributed by atoms with E-state index in [4.69, 9.17) is 26.2 Å². The number of hydrogen-bond donors (Lipinski definition) is 1. The molecule has 1 N–H and O–H groups in total. The molecular formula is C19H13BrClF3O4. The summed E-state index contributed by atoms with van der Waals surface area (Å²) in [6.07, 6.45) is -6.19. The molecule has 3 rings (SSSR count). The molecule has 1 heterocycles. The number of methoxy groups -OCH3 is 1. The van der Waals surface area contributed by atoms with Crippen molar-refractivity contribution in [1.82, 2.24) is 0 Å².